The molecule has 0 amide bonds. The Balaban J connectivity index is 0.000000285. The van der Waals surface area contributed by atoms with Gasteiger partial charge in [-0.2, -0.15) is 20.7 Å². The molecule has 2 aliphatic heterocycles. The van der Waals surface area contributed by atoms with Gasteiger partial charge in [0.25, 0.3) is 0 Å². The summed E-state index contributed by atoms with van der Waals surface area (Å²) in [6.45, 7) is 8.94. The molecule has 69 heavy (non-hydrogen) atoms. The maximum Gasteiger partial charge on any atom is 0.342 e. The predicted octanol–water partition coefficient (Wildman–Crippen LogP) is -2.34. The lowest BCUT2D eigenvalue weighted by atomic mass is 9.92. The van der Waals surface area contributed by atoms with E-state index in [0.29, 0.717) is 17.6 Å². The van der Waals surface area contributed by atoms with Crippen LogP contribution in [0.4, 0.5) is 11.6 Å². The molecule has 6 heterocycles. The van der Waals surface area contributed by atoms with E-state index in [1.165, 1.54) is 47.4 Å². The number of esters is 3. The van der Waals surface area contributed by atoms with Crippen molar-refractivity contribution in [1.82, 2.24) is 44.7 Å². The quantitative estimate of drug-likeness (QED) is 0.0301. The number of aromatic nitrogens is 6. The highest BCUT2D eigenvalue weighted by Crippen LogP contribution is 2.44. The number of anilines is 2. The Hall–Kier alpha value is -5.98. The number of carbonyl (C=O) groups is 3. The first-order valence-electron chi connectivity index (χ1n) is 21.4. The predicted molar refractivity (Wildman–Crippen MR) is 237 cm³/mol. The number of fused-ring (bicyclic) bond motifs is 2. The molecule has 0 aromatic carbocycles. The van der Waals surface area contributed by atoms with Crippen molar-refractivity contribution in [3.05, 3.63) is 48.3 Å². The first-order valence-corrected chi connectivity index (χ1v) is 23.0. The van der Waals surface area contributed by atoms with Crippen molar-refractivity contribution in [2.24, 2.45) is 0 Å². The van der Waals surface area contributed by atoms with Crippen LogP contribution in [0.1, 0.15) is 52.9 Å². The molecule has 28 nitrogen and oxygen atoms in total. The molecule has 12 N–H and O–H groups in total. The highest BCUT2D eigenvalue weighted by atomic mass is 31.2. The van der Waals surface area contributed by atoms with Gasteiger partial charge in [-0.3, -0.25) is 18.9 Å². The molecule has 0 saturated carbocycles. The molecule has 1 unspecified atom stereocenters. The molecule has 0 bridgehead atoms. The summed E-state index contributed by atoms with van der Waals surface area (Å²) in [5.74, 6) is -1.34. The fourth-order valence-corrected chi connectivity index (χ4v) is 8.75. The molecular weight excluding hydrogens is 933 g/mol. The summed E-state index contributed by atoms with van der Waals surface area (Å²) in [6, 6.07) is 7.36. The van der Waals surface area contributed by atoms with Gasteiger partial charge in [0, 0.05) is 0 Å². The van der Waals surface area contributed by atoms with Gasteiger partial charge in [-0.25, -0.2) is 29.2 Å². The molecule has 0 radical (unpaired) electrons. The van der Waals surface area contributed by atoms with Crippen LogP contribution >= 0.6 is 7.67 Å². The first-order chi connectivity index (χ1) is 32.7. The zero-order valence-corrected chi connectivity index (χ0v) is 39.6. The summed E-state index contributed by atoms with van der Waals surface area (Å²) in [5, 5.41) is 86.3. The largest absolute Gasteiger partial charge is 0.465 e. The zero-order valence-electron chi connectivity index (χ0n) is 38.7. The maximum absolute atomic E-state index is 13.7. The van der Waals surface area contributed by atoms with Gasteiger partial charge in [-0.05, 0) is 72.9 Å². The van der Waals surface area contributed by atoms with Crippen molar-refractivity contribution in [3.63, 3.8) is 0 Å². The van der Waals surface area contributed by atoms with Crippen LogP contribution in [0.5, 0.6) is 0 Å². The van der Waals surface area contributed by atoms with Gasteiger partial charge in [-0.15, -0.1) is 0 Å². The van der Waals surface area contributed by atoms with Crippen molar-refractivity contribution in [1.29, 1.82) is 10.5 Å². The average molecular weight is 992 g/mol. The second kappa shape index (κ2) is 24.0. The summed E-state index contributed by atoms with van der Waals surface area (Å²) >= 11 is 0. The van der Waals surface area contributed by atoms with Gasteiger partial charge in [0.1, 0.15) is 90.6 Å². The van der Waals surface area contributed by atoms with E-state index in [1.54, 1.807) is 40.8 Å². The summed E-state index contributed by atoms with van der Waals surface area (Å²) in [4.78, 5) is 42.7. The van der Waals surface area contributed by atoms with Crippen molar-refractivity contribution in [2.45, 2.75) is 107 Å². The van der Waals surface area contributed by atoms with E-state index in [1.807, 2.05) is 12.1 Å². The maximum atomic E-state index is 13.7. The van der Waals surface area contributed by atoms with E-state index in [2.05, 4.69) is 35.7 Å². The standard InChI is InChI=1S/C22H32N7O9P.C12H13N5O4.C6H13NO2/c1-5-35-20(32)12(3)27-39(34,28-13(4)21(33)36-6-2)37-9-15-17(30)18(31)22(10-23,38-15)16-8-7-14-19(24)25-11-26-29(14)16;13-4-12(10(20)9(19)7(3-18)21-12)8-2-1-6-11(14)15-5-16-17(6)8;1-4-9-6(8)5(2)7-3/h7-8,11-13,15,17-18,30-31H,5-6,9H2,1-4H3,(H2,24,25,26)(H2,27,28,34);1-2,5,7,9-10,18-20H,3H2,(H2,14,15,16);5,7H,4H2,1-3H3/t12-,13-,15+,17+,18+,22-;7-,9-,10-,12+;/m01./s1. The van der Waals surface area contributed by atoms with Gasteiger partial charge in [0.05, 0.1) is 44.4 Å². The van der Waals surface area contributed by atoms with Gasteiger partial charge < -0.3 is 70.5 Å². The lowest BCUT2D eigenvalue weighted by Gasteiger charge is -2.27. The SMILES string of the molecule is CCOC(=O)C(C)NC.CCOC(=O)[C@H](C)NP(=O)(N[C@@H](C)C(=O)OCC)OC[C@H]1O[C@@](C#N)(c2ccc3c(N)ncnn23)[C@H](O)[C@@H]1O.N#C[C@@]1(c2ccc3c(N)ncnn23)O[C@H](CO)[C@@H](O)[C@H]1O. The number of nitrogen functional groups attached to an aromatic ring is 2. The smallest absolute Gasteiger partial charge is 0.342 e. The van der Waals surface area contributed by atoms with E-state index in [-0.39, 0.29) is 48.2 Å². The number of nitrogens with two attached hydrogens (primary N) is 2. The van der Waals surface area contributed by atoms with E-state index in [0.717, 1.165) is 6.33 Å². The average Bonchev–Trinajstić information content (AvgIpc) is 4.09. The van der Waals surface area contributed by atoms with Gasteiger partial charge in [-0.1, -0.05) is 0 Å². The van der Waals surface area contributed by atoms with Crippen molar-refractivity contribution in [3.8, 4) is 12.1 Å². The highest BCUT2D eigenvalue weighted by Gasteiger charge is 2.59. The normalized spacial score (nSPS) is 25.5. The highest BCUT2D eigenvalue weighted by molar-refractivity contribution is 7.54. The number of hydrogen-bond acceptors (Lipinski definition) is 24. The van der Waals surface area contributed by atoms with Crippen LogP contribution in [0.25, 0.3) is 11.0 Å². The fourth-order valence-electron chi connectivity index (χ4n) is 6.94. The Morgan fingerprint density at radius 1 is 0.754 bits per heavy atom. The molecule has 4 aromatic rings. The van der Waals surface area contributed by atoms with Crippen LogP contribution < -0.4 is 27.0 Å². The van der Waals surface area contributed by atoms with Gasteiger partial charge in [0.15, 0.2) is 11.6 Å². The topological polar surface area (TPSA) is 421 Å². The first kappa shape index (κ1) is 55.6. The molecule has 6 rings (SSSR count). The molecule has 0 spiro atoms. The van der Waals surface area contributed by atoms with Crippen molar-refractivity contribution >= 4 is 48.2 Å². The third-order valence-corrected chi connectivity index (χ3v) is 12.6. The molecule has 2 aliphatic rings. The number of aliphatic hydroxyl groups excluding tert-OH is 5. The van der Waals surface area contributed by atoms with Crippen LogP contribution in [-0.4, -0.2) is 167 Å². The Labute approximate surface area is 394 Å². The number of hydrogen-bond donors (Lipinski definition) is 10. The molecule has 0 aliphatic carbocycles. The lowest BCUT2D eigenvalue weighted by molar-refractivity contribution is -0.145. The van der Waals surface area contributed by atoms with E-state index in [9.17, 15) is 55.0 Å². The van der Waals surface area contributed by atoms with Crippen LogP contribution in [0.15, 0.2) is 36.9 Å². The van der Waals surface area contributed by atoms with Crippen LogP contribution in [0.2, 0.25) is 0 Å². The molecule has 378 valence electrons. The van der Waals surface area contributed by atoms with E-state index >= 15 is 0 Å². The molecule has 4 aromatic heterocycles. The minimum absolute atomic E-state index is 0.0643. The Morgan fingerprint density at radius 3 is 1.51 bits per heavy atom. The second-order valence-corrected chi connectivity index (χ2v) is 17.1. The van der Waals surface area contributed by atoms with E-state index < -0.39 is 92.7 Å². The fraction of sp³-hybridized carbons (Fsp3) is 0.575. The number of carbonyl (C=O) groups excluding carboxylic acids is 3. The van der Waals surface area contributed by atoms with Crippen molar-refractivity contribution < 1.29 is 72.7 Å². The number of nitriles is 2. The number of ether oxygens (including phenoxy) is 5. The molecule has 11 atom stereocenters. The van der Waals surface area contributed by atoms with E-state index in [4.69, 9.17) is 39.7 Å². The number of nitrogens with one attached hydrogen (secondary N) is 3. The lowest BCUT2D eigenvalue weighted by Crippen LogP contribution is -2.43. The van der Waals surface area contributed by atoms with Crippen LogP contribution in [0.3, 0.4) is 0 Å². The molecule has 2 saturated heterocycles. The van der Waals surface area contributed by atoms with Gasteiger partial charge in [0.2, 0.25) is 11.2 Å². The summed E-state index contributed by atoms with van der Waals surface area (Å²) < 4.78 is 47.6. The zero-order chi connectivity index (χ0) is 51.4. The Morgan fingerprint density at radius 2 is 1.14 bits per heavy atom. The molecular formula is C40H58N13O15P. The Bertz CT molecular complexity index is 2510. The number of likely N-dealkylation sites (N-methyl/N-ethyl adjacent to an activating group) is 1. The number of rotatable bonds is 17. The summed E-state index contributed by atoms with van der Waals surface area (Å²) in [6.07, 6.45) is -6.46. The van der Waals surface area contributed by atoms with Gasteiger partial charge >= 0.3 is 25.6 Å². The third-order valence-electron chi connectivity index (χ3n) is 10.7. The summed E-state index contributed by atoms with van der Waals surface area (Å²) in [5.41, 5.74) is 8.68. The monoisotopic (exact) mass is 991 g/mol. The molecule has 2 fully saturated rings. The van der Waals surface area contributed by atoms with Crippen molar-refractivity contribution in [2.75, 3.05) is 51.5 Å². The summed E-state index contributed by atoms with van der Waals surface area (Å²) in [7, 11) is -2.52. The van der Waals surface area contributed by atoms with Crippen LogP contribution in [-0.2, 0) is 58.4 Å². The third kappa shape index (κ3) is 11.9. The minimum Gasteiger partial charge on any atom is -0.465 e. The molecule has 29 heteroatoms. The number of nitrogens with zero attached hydrogens (tertiary/aromatic N) is 8. The second-order valence-electron chi connectivity index (χ2n) is 15.2. The number of aliphatic hydroxyl groups is 5. The van der Waals surface area contributed by atoms with Crippen LogP contribution in [0, 0.1) is 22.7 Å². The Kier molecular flexibility index (Phi) is 19.4. The minimum atomic E-state index is -4.24.